The van der Waals surface area contributed by atoms with E-state index in [1.165, 1.54) is 5.56 Å². The second-order valence-electron chi connectivity index (χ2n) is 9.26. The molecule has 2 N–H and O–H groups in total. The lowest BCUT2D eigenvalue weighted by Crippen LogP contribution is -2.38. The topological polar surface area (TPSA) is 69.8 Å². The Bertz CT molecular complexity index is 1290. The maximum absolute atomic E-state index is 13.1. The Hall–Kier alpha value is -3.10. The van der Waals surface area contributed by atoms with Crippen molar-refractivity contribution >= 4 is 33.9 Å². The third-order valence-electron chi connectivity index (χ3n) is 6.65. The predicted molar refractivity (Wildman–Crippen MR) is 151 cm³/mol. The fourth-order valence-corrected chi connectivity index (χ4v) is 4.80. The maximum Gasteiger partial charge on any atom is 0.253 e. The number of nitrogens with one attached hydrogen (secondary N) is 2. The van der Waals surface area contributed by atoms with Gasteiger partial charge in [-0.1, -0.05) is 31.5 Å². The van der Waals surface area contributed by atoms with Gasteiger partial charge in [-0.2, -0.15) is 0 Å². The number of H-pyrrole nitrogens is 1. The van der Waals surface area contributed by atoms with Gasteiger partial charge in [-0.15, -0.1) is 0 Å². The van der Waals surface area contributed by atoms with E-state index in [1.54, 1.807) is 0 Å². The van der Waals surface area contributed by atoms with E-state index >= 15 is 0 Å². The third-order valence-corrected chi connectivity index (χ3v) is 7.01. The van der Waals surface area contributed by atoms with Gasteiger partial charge in [-0.05, 0) is 75.9 Å². The van der Waals surface area contributed by atoms with Gasteiger partial charge in [-0.3, -0.25) is 4.79 Å². The smallest absolute Gasteiger partial charge is 0.253 e. The van der Waals surface area contributed by atoms with Crippen LogP contribution in [0.15, 0.2) is 41.2 Å². The van der Waals surface area contributed by atoms with Gasteiger partial charge in [0.25, 0.3) is 5.56 Å². The summed E-state index contributed by atoms with van der Waals surface area (Å²) < 4.78 is 11.4. The highest BCUT2D eigenvalue weighted by atomic mass is 32.1. The van der Waals surface area contributed by atoms with Gasteiger partial charge in [0.2, 0.25) is 0 Å². The molecule has 0 atom stereocenters. The number of aromatic amines is 1. The van der Waals surface area contributed by atoms with Crippen molar-refractivity contribution in [3.05, 3.63) is 63.4 Å². The highest BCUT2D eigenvalue weighted by Crippen LogP contribution is 2.33. The highest BCUT2D eigenvalue weighted by molar-refractivity contribution is 7.80. The Morgan fingerprint density at radius 1 is 1.03 bits per heavy atom. The number of aryl methyl sites for hydroxylation is 2. The fourth-order valence-electron chi connectivity index (χ4n) is 4.54. The molecule has 1 aromatic heterocycles. The van der Waals surface area contributed by atoms with Gasteiger partial charge in [-0.25, -0.2) is 0 Å². The van der Waals surface area contributed by atoms with Crippen molar-refractivity contribution in [2.45, 2.75) is 40.7 Å². The lowest BCUT2D eigenvalue weighted by atomic mass is 10.1. The van der Waals surface area contributed by atoms with Crippen molar-refractivity contribution in [1.82, 2.24) is 14.8 Å². The first-order valence-corrected chi connectivity index (χ1v) is 13.1. The Morgan fingerprint density at radius 2 is 1.75 bits per heavy atom. The SMILES string of the molecule is CCN(CC)CCCN(Cc1cc2cc3c(cc2[nH]c1=O)OCCO3)C(=S)Nc1ccc(C)cc1C. The zero-order chi connectivity index (χ0) is 25.7. The van der Waals surface area contributed by atoms with Crippen LogP contribution in [0.5, 0.6) is 11.5 Å². The van der Waals surface area contributed by atoms with Gasteiger partial charge in [0.1, 0.15) is 13.2 Å². The van der Waals surface area contributed by atoms with Crippen LogP contribution >= 0.6 is 12.2 Å². The number of anilines is 1. The highest BCUT2D eigenvalue weighted by Gasteiger charge is 2.17. The van der Waals surface area contributed by atoms with E-state index < -0.39 is 0 Å². The number of pyridine rings is 1. The quantitative estimate of drug-likeness (QED) is 0.401. The van der Waals surface area contributed by atoms with Crippen LogP contribution in [0.4, 0.5) is 5.69 Å². The molecular weight excluding hydrogens is 472 g/mol. The molecule has 3 aromatic rings. The summed E-state index contributed by atoms with van der Waals surface area (Å²) >= 11 is 5.86. The second-order valence-corrected chi connectivity index (χ2v) is 9.64. The summed E-state index contributed by atoms with van der Waals surface area (Å²) in [5.41, 5.74) is 4.59. The maximum atomic E-state index is 13.1. The van der Waals surface area contributed by atoms with E-state index in [9.17, 15) is 4.79 Å². The third kappa shape index (κ3) is 6.17. The molecule has 7 nitrogen and oxygen atoms in total. The van der Waals surface area contributed by atoms with Crippen LogP contribution in [0.3, 0.4) is 0 Å². The molecule has 0 radical (unpaired) electrons. The van der Waals surface area contributed by atoms with Gasteiger partial charge >= 0.3 is 0 Å². The molecule has 2 heterocycles. The number of hydrogen-bond donors (Lipinski definition) is 2. The summed E-state index contributed by atoms with van der Waals surface area (Å²) in [5, 5.41) is 4.94. The summed E-state index contributed by atoms with van der Waals surface area (Å²) in [6.45, 7) is 13.7. The van der Waals surface area contributed by atoms with Crippen LogP contribution in [0, 0.1) is 13.8 Å². The lowest BCUT2D eigenvalue weighted by molar-refractivity contribution is 0.172. The predicted octanol–water partition coefficient (Wildman–Crippen LogP) is 4.85. The van der Waals surface area contributed by atoms with Crippen molar-refractivity contribution in [2.24, 2.45) is 0 Å². The number of aromatic nitrogens is 1. The monoisotopic (exact) mass is 508 g/mol. The Morgan fingerprint density at radius 3 is 2.44 bits per heavy atom. The van der Waals surface area contributed by atoms with Gasteiger partial charge in [0, 0.05) is 29.2 Å². The van der Waals surface area contributed by atoms with Gasteiger partial charge < -0.3 is 29.6 Å². The molecule has 0 unspecified atom stereocenters. The molecular formula is C28H36N4O3S. The Labute approximate surface area is 218 Å². The van der Waals surface area contributed by atoms with Crippen LogP contribution < -0.4 is 20.3 Å². The van der Waals surface area contributed by atoms with Crippen molar-refractivity contribution in [1.29, 1.82) is 0 Å². The van der Waals surface area contributed by atoms with Crippen LogP contribution in [0.25, 0.3) is 10.9 Å². The van der Waals surface area contributed by atoms with E-state index in [4.69, 9.17) is 21.7 Å². The van der Waals surface area contributed by atoms with E-state index in [-0.39, 0.29) is 5.56 Å². The molecule has 0 aliphatic carbocycles. The van der Waals surface area contributed by atoms with E-state index in [0.717, 1.165) is 54.8 Å². The van der Waals surface area contributed by atoms with Gasteiger partial charge in [0.05, 0.1) is 12.1 Å². The van der Waals surface area contributed by atoms with Crippen molar-refractivity contribution < 1.29 is 9.47 Å². The average molecular weight is 509 g/mol. The number of rotatable bonds is 9. The number of fused-ring (bicyclic) bond motifs is 2. The molecule has 0 spiro atoms. The van der Waals surface area contributed by atoms with Crippen LogP contribution in [-0.2, 0) is 6.54 Å². The van der Waals surface area contributed by atoms with Crippen molar-refractivity contribution in [3.8, 4) is 11.5 Å². The molecule has 8 heteroatoms. The Kier molecular flexibility index (Phi) is 8.48. The molecule has 192 valence electrons. The number of nitrogens with zero attached hydrogens (tertiary/aromatic N) is 2. The molecule has 36 heavy (non-hydrogen) atoms. The molecule has 0 saturated carbocycles. The molecule has 0 fully saturated rings. The summed E-state index contributed by atoms with van der Waals surface area (Å²) in [5.74, 6) is 1.36. The summed E-state index contributed by atoms with van der Waals surface area (Å²) in [7, 11) is 0. The van der Waals surface area contributed by atoms with Gasteiger partial charge in [0.15, 0.2) is 16.6 Å². The molecule has 0 bridgehead atoms. The zero-order valence-electron chi connectivity index (χ0n) is 21.6. The molecule has 2 aromatic carbocycles. The van der Waals surface area contributed by atoms with Crippen molar-refractivity contribution in [3.63, 3.8) is 0 Å². The largest absolute Gasteiger partial charge is 0.486 e. The number of benzene rings is 2. The van der Waals surface area contributed by atoms with Crippen LogP contribution in [0.2, 0.25) is 0 Å². The first-order valence-electron chi connectivity index (χ1n) is 12.7. The van der Waals surface area contributed by atoms with E-state index in [1.807, 2.05) is 18.2 Å². The van der Waals surface area contributed by atoms with E-state index in [0.29, 0.717) is 41.9 Å². The van der Waals surface area contributed by atoms with Crippen LogP contribution in [-0.4, -0.2) is 59.3 Å². The minimum atomic E-state index is -0.123. The average Bonchev–Trinajstić information content (AvgIpc) is 2.86. The molecule has 1 aliphatic rings. The normalized spacial score (nSPS) is 12.7. The Balaban J connectivity index is 1.58. The van der Waals surface area contributed by atoms with Crippen LogP contribution in [0.1, 0.15) is 37.0 Å². The molecule has 0 saturated heterocycles. The zero-order valence-corrected chi connectivity index (χ0v) is 22.5. The standard InChI is InChI=1S/C28H36N4O3S/c1-5-31(6-2)10-7-11-32(28(36)30-23-9-8-19(3)14-20(23)4)18-22-15-21-16-25-26(35-13-12-34-25)17-24(21)29-27(22)33/h8-9,14-17H,5-7,10-13,18H2,1-4H3,(H,29,33)(H,30,36). The first kappa shape index (κ1) is 26.0. The molecule has 1 aliphatic heterocycles. The number of thiocarbonyl (C=S) groups is 1. The molecule has 0 amide bonds. The molecule has 4 rings (SSSR count). The van der Waals surface area contributed by atoms with Crippen molar-refractivity contribution in [2.75, 3.05) is 44.7 Å². The number of ether oxygens (including phenoxy) is 2. The summed E-state index contributed by atoms with van der Waals surface area (Å²) in [6.07, 6.45) is 0.945. The fraction of sp³-hybridized carbons (Fsp3) is 0.429. The first-order chi connectivity index (χ1) is 17.4. The minimum absolute atomic E-state index is 0.123. The summed E-state index contributed by atoms with van der Waals surface area (Å²) in [4.78, 5) is 20.6. The lowest BCUT2D eigenvalue weighted by Gasteiger charge is -2.28. The summed E-state index contributed by atoms with van der Waals surface area (Å²) in [6, 6.07) is 12.0. The minimum Gasteiger partial charge on any atom is -0.486 e. The second kappa shape index (κ2) is 11.8. The number of hydrogen-bond acceptors (Lipinski definition) is 5. The van der Waals surface area contributed by atoms with E-state index in [2.05, 4.69) is 66.0 Å².